The van der Waals surface area contributed by atoms with Gasteiger partial charge in [-0.25, -0.2) is 0 Å². The lowest BCUT2D eigenvalue weighted by Crippen LogP contribution is -2.41. The first-order valence-electron chi connectivity index (χ1n) is 9.79. The molecule has 1 aliphatic carbocycles. The zero-order valence-electron chi connectivity index (χ0n) is 15.9. The Hall–Kier alpha value is -0.795. The summed E-state index contributed by atoms with van der Waals surface area (Å²) in [7, 11) is -0.0539. The first-order chi connectivity index (χ1) is 11.4. The molecular weight excluding hydrogens is 295 g/mol. The van der Waals surface area contributed by atoms with E-state index in [1.54, 1.807) is 0 Å². The second-order valence-electron chi connectivity index (χ2n) is 8.71. The number of aryl methyl sites for hydroxylation is 1. The van der Waals surface area contributed by atoms with E-state index in [0.717, 1.165) is 18.8 Å². The van der Waals surface area contributed by atoms with Crippen molar-refractivity contribution in [1.82, 2.24) is 0 Å². The van der Waals surface area contributed by atoms with Crippen LogP contribution in [0.25, 0.3) is 0 Å². The number of benzene rings is 1. The van der Waals surface area contributed by atoms with Crippen LogP contribution in [0.2, 0.25) is 5.82 Å². The summed E-state index contributed by atoms with van der Waals surface area (Å²) in [6.45, 7) is 8.68. The zero-order valence-corrected chi connectivity index (χ0v) is 15.9. The van der Waals surface area contributed by atoms with Gasteiger partial charge in [0.2, 0.25) is 0 Å². The molecule has 1 atom stereocenters. The minimum absolute atomic E-state index is 0.0539. The molecule has 0 aromatic heterocycles. The van der Waals surface area contributed by atoms with E-state index >= 15 is 0 Å². The van der Waals surface area contributed by atoms with Gasteiger partial charge in [0.05, 0.1) is 11.2 Å². The highest BCUT2D eigenvalue weighted by atomic mass is 16.7. The Balaban J connectivity index is 1.72. The monoisotopic (exact) mass is 328 g/mol. The molecule has 3 rings (SSSR count). The van der Waals surface area contributed by atoms with Gasteiger partial charge in [-0.05, 0) is 57.8 Å². The van der Waals surface area contributed by atoms with Crippen LogP contribution >= 0.6 is 0 Å². The normalized spacial score (nSPS) is 24.9. The molecule has 2 aliphatic rings. The summed E-state index contributed by atoms with van der Waals surface area (Å²) in [5.41, 5.74) is 0.976. The van der Waals surface area contributed by atoms with E-state index in [1.165, 1.54) is 37.7 Å². The molecule has 1 saturated carbocycles. The summed E-state index contributed by atoms with van der Waals surface area (Å²) >= 11 is 0. The fraction of sp³-hybridized carbons (Fsp3) is 0.714. The Morgan fingerprint density at radius 2 is 1.54 bits per heavy atom. The lowest BCUT2D eigenvalue weighted by molar-refractivity contribution is 0.00578. The maximum absolute atomic E-state index is 6.45. The van der Waals surface area contributed by atoms with E-state index in [0.29, 0.717) is 5.82 Å². The van der Waals surface area contributed by atoms with Crippen molar-refractivity contribution in [3.63, 3.8) is 0 Å². The quantitative estimate of drug-likeness (QED) is 0.649. The third-order valence-corrected chi connectivity index (χ3v) is 6.49. The fourth-order valence-electron chi connectivity index (χ4n) is 4.20. The van der Waals surface area contributed by atoms with Crippen molar-refractivity contribution in [1.29, 1.82) is 0 Å². The topological polar surface area (TPSA) is 18.5 Å². The van der Waals surface area contributed by atoms with E-state index in [4.69, 9.17) is 9.31 Å². The van der Waals surface area contributed by atoms with E-state index < -0.39 is 0 Å². The third kappa shape index (κ3) is 3.88. The minimum atomic E-state index is -0.225. The second kappa shape index (κ2) is 7.21. The highest BCUT2D eigenvalue weighted by molar-refractivity contribution is 6.47. The molecule has 0 N–H and O–H groups in total. The molecule has 2 fully saturated rings. The molecule has 2 nitrogen and oxygen atoms in total. The van der Waals surface area contributed by atoms with Gasteiger partial charge in [0.15, 0.2) is 0 Å². The summed E-state index contributed by atoms with van der Waals surface area (Å²) in [6, 6.07) is 10.8. The van der Waals surface area contributed by atoms with Crippen molar-refractivity contribution in [3.05, 3.63) is 35.9 Å². The van der Waals surface area contributed by atoms with E-state index in [1.807, 2.05) is 0 Å². The van der Waals surface area contributed by atoms with Crippen LogP contribution in [0.15, 0.2) is 30.3 Å². The summed E-state index contributed by atoms with van der Waals surface area (Å²) in [4.78, 5) is 0. The van der Waals surface area contributed by atoms with Crippen molar-refractivity contribution in [2.24, 2.45) is 5.92 Å². The Kier molecular flexibility index (Phi) is 5.41. The Morgan fingerprint density at radius 3 is 2.12 bits per heavy atom. The molecule has 0 bridgehead atoms. The van der Waals surface area contributed by atoms with Crippen molar-refractivity contribution in [2.45, 2.75) is 89.7 Å². The van der Waals surface area contributed by atoms with Crippen LogP contribution in [0, 0.1) is 5.92 Å². The standard InChI is InChI=1S/C21H33BO2/c1-20(2)21(3,4)24-22(23-20)19(18-13-9-6-10-14-18)16-15-17-11-7-5-8-12-17/h5,7-8,11-12,18-19H,6,9-10,13-16H2,1-4H3/t19-/m1/s1. The molecule has 0 unspecified atom stereocenters. The molecule has 24 heavy (non-hydrogen) atoms. The summed E-state index contributed by atoms with van der Waals surface area (Å²) in [5.74, 6) is 1.25. The second-order valence-corrected chi connectivity index (χ2v) is 8.71. The van der Waals surface area contributed by atoms with Gasteiger partial charge in [0.25, 0.3) is 0 Å². The SMILES string of the molecule is CC1(C)OB([C@H](CCc2ccccc2)C2CCCCC2)OC1(C)C. The van der Waals surface area contributed by atoms with Gasteiger partial charge in [0, 0.05) is 0 Å². The van der Waals surface area contributed by atoms with E-state index in [9.17, 15) is 0 Å². The average molecular weight is 328 g/mol. The molecule has 0 spiro atoms. The molecular formula is C21H33BO2. The van der Waals surface area contributed by atoms with Gasteiger partial charge in [0.1, 0.15) is 0 Å². The first kappa shape index (κ1) is 18.0. The third-order valence-electron chi connectivity index (χ3n) is 6.49. The van der Waals surface area contributed by atoms with Gasteiger partial charge in [-0.1, -0.05) is 62.4 Å². The number of rotatable bonds is 5. The molecule has 0 radical (unpaired) electrons. The molecule has 1 aromatic carbocycles. The maximum Gasteiger partial charge on any atom is 0.461 e. The van der Waals surface area contributed by atoms with Gasteiger partial charge >= 0.3 is 7.12 Å². The molecule has 1 heterocycles. The van der Waals surface area contributed by atoms with Crippen molar-refractivity contribution < 1.29 is 9.31 Å². The van der Waals surface area contributed by atoms with Gasteiger partial charge in [-0.3, -0.25) is 0 Å². The largest absolute Gasteiger partial charge is 0.461 e. The highest BCUT2D eigenvalue weighted by Crippen LogP contribution is 2.46. The fourth-order valence-corrected chi connectivity index (χ4v) is 4.20. The summed E-state index contributed by atoms with van der Waals surface area (Å²) < 4.78 is 12.9. The summed E-state index contributed by atoms with van der Waals surface area (Å²) in [5, 5.41) is 0. The van der Waals surface area contributed by atoms with Crippen LogP contribution in [0.1, 0.15) is 71.8 Å². The van der Waals surface area contributed by atoms with Crippen LogP contribution in [-0.4, -0.2) is 18.3 Å². The van der Waals surface area contributed by atoms with Crippen LogP contribution in [-0.2, 0) is 15.7 Å². The molecule has 1 aliphatic heterocycles. The van der Waals surface area contributed by atoms with Crippen molar-refractivity contribution >= 4 is 7.12 Å². The van der Waals surface area contributed by atoms with E-state index in [-0.39, 0.29) is 18.3 Å². The molecule has 1 aromatic rings. The number of hydrogen-bond donors (Lipinski definition) is 0. The van der Waals surface area contributed by atoms with Crippen molar-refractivity contribution in [2.75, 3.05) is 0 Å². The van der Waals surface area contributed by atoms with Gasteiger partial charge in [-0.15, -0.1) is 0 Å². The Morgan fingerprint density at radius 1 is 0.958 bits per heavy atom. The zero-order chi connectivity index (χ0) is 17.2. The predicted octanol–water partition coefficient (Wildman–Crippen LogP) is 5.66. The lowest BCUT2D eigenvalue weighted by Gasteiger charge is -2.32. The lowest BCUT2D eigenvalue weighted by atomic mass is 9.59. The molecule has 132 valence electrons. The number of hydrogen-bond acceptors (Lipinski definition) is 2. The molecule has 1 saturated heterocycles. The van der Waals surface area contributed by atoms with Crippen LogP contribution in [0.5, 0.6) is 0 Å². The average Bonchev–Trinajstić information content (AvgIpc) is 2.77. The summed E-state index contributed by atoms with van der Waals surface area (Å²) in [6.07, 6.45) is 9.08. The van der Waals surface area contributed by atoms with Gasteiger partial charge < -0.3 is 9.31 Å². The van der Waals surface area contributed by atoms with Crippen molar-refractivity contribution in [3.8, 4) is 0 Å². The molecule has 3 heteroatoms. The maximum atomic E-state index is 6.45. The van der Waals surface area contributed by atoms with Crippen LogP contribution < -0.4 is 0 Å². The molecule has 0 amide bonds. The first-order valence-corrected chi connectivity index (χ1v) is 9.79. The van der Waals surface area contributed by atoms with E-state index in [2.05, 4.69) is 58.0 Å². The minimum Gasteiger partial charge on any atom is -0.403 e. The Bertz CT molecular complexity index is 504. The predicted molar refractivity (Wildman–Crippen MR) is 101 cm³/mol. The highest BCUT2D eigenvalue weighted by Gasteiger charge is 2.54. The van der Waals surface area contributed by atoms with Crippen LogP contribution in [0.4, 0.5) is 0 Å². The van der Waals surface area contributed by atoms with Gasteiger partial charge in [-0.2, -0.15) is 0 Å². The Labute approximate surface area is 148 Å². The smallest absolute Gasteiger partial charge is 0.403 e. The van der Waals surface area contributed by atoms with Crippen LogP contribution in [0.3, 0.4) is 0 Å².